The number of carbonyl (C=O) groups excluding carboxylic acids is 1. The highest BCUT2D eigenvalue weighted by Crippen LogP contribution is 2.39. The molecule has 1 saturated carbocycles. The summed E-state index contributed by atoms with van der Waals surface area (Å²) in [4.78, 5) is 14.0. The first kappa shape index (κ1) is 12.8. The quantitative estimate of drug-likeness (QED) is 0.769. The molecule has 0 unspecified atom stereocenters. The van der Waals surface area contributed by atoms with Gasteiger partial charge in [0.05, 0.1) is 6.10 Å². The van der Waals surface area contributed by atoms with Crippen molar-refractivity contribution >= 4 is 5.91 Å². The summed E-state index contributed by atoms with van der Waals surface area (Å²) in [6, 6.07) is 0. The Hall–Kier alpha value is -0.610. The lowest BCUT2D eigenvalue weighted by Gasteiger charge is -2.36. The van der Waals surface area contributed by atoms with Crippen molar-refractivity contribution < 1.29 is 9.90 Å². The fourth-order valence-electron chi connectivity index (χ4n) is 3.16. The Balaban J connectivity index is 1.91. The number of aliphatic hydroxyl groups is 1. The summed E-state index contributed by atoms with van der Waals surface area (Å²) in [5, 5.41) is 9.46. The second-order valence-electron chi connectivity index (χ2n) is 5.72. The molecule has 3 N–H and O–H groups in total. The molecule has 0 aromatic carbocycles. The Labute approximate surface area is 103 Å². The molecule has 1 heterocycles. The van der Waals surface area contributed by atoms with Crippen molar-refractivity contribution in [2.24, 2.45) is 11.1 Å². The van der Waals surface area contributed by atoms with E-state index in [0.717, 1.165) is 19.3 Å². The Bertz CT molecular complexity index is 275. The van der Waals surface area contributed by atoms with Crippen LogP contribution in [0.5, 0.6) is 0 Å². The van der Waals surface area contributed by atoms with Gasteiger partial charge in [-0.25, -0.2) is 0 Å². The van der Waals surface area contributed by atoms with Crippen molar-refractivity contribution in [3.8, 4) is 0 Å². The van der Waals surface area contributed by atoms with Crippen molar-refractivity contribution in [2.75, 3.05) is 19.6 Å². The number of rotatable bonds is 3. The molecule has 98 valence electrons. The molecule has 1 aliphatic carbocycles. The number of hydrogen-bond donors (Lipinski definition) is 2. The van der Waals surface area contributed by atoms with E-state index >= 15 is 0 Å². The predicted octanol–water partition coefficient (Wildman–Crippen LogP) is 0.879. The summed E-state index contributed by atoms with van der Waals surface area (Å²) in [6.07, 6.45) is 6.84. The van der Waals surface area contributed by atoms with E-state index in [4.69, 9.17) is 5.73 Å². The van der Waals surface area contributed by atoms with E-state index in [9.17, 15) is 9.90 Å². The molecule has 0 aromatic heterocycles. The van der Waals surface area contributed by atoms with E-state index in [1.54, 1.807) is 4.90 Å². The van der Waals surface area contributed by atoms with Gasteiger partial charge in [-0.05, 0) is 31.2 Å². The average molecular weight is 240 g/mol. The SMILES string of the molecule is NCC1(CC(=O)N2CC[C@H](O)C2)CCCCC1. The zero-order chi connectivity index (χ0) is 12.3. The van der Waals surface area contributed by atoms with Crippen molar-refractivity contribution in [3.63, 3.8) is 0 Å². The molecule has 1 saturated heterocycles. The minimum absolute atomic E-state index is 0.0445. The Kier molecular flexibility index (Phi) is 4.05. The summed E-state index contributed by atoms with van der Waals surface area (Å²) in [6.45, 7) is 1.84. The first-order chi connectivity index (χ1) is 8.15. The Morgan fingerprint density at radius 2 is 2.06 bits per heavy atom. The number of amides is 1. The highest BCUT2D eigenvalue weighted by Gasteiger charge is 2.35. The Morgan fingerprint density at radius 3 is 2.59 bits per heavy atom. The van der Waals surface area contributed by atoms with Crippen LogP contribution in [-0.2, 0) is 4.79 Å². The minimum atomic E-state index is -0.320. The van der Waals surface area contributed by atoms with Crippen molar-refractivity contribution in [2.45, 2.75) is 51.0 Å². The summed E-state index contributed by atoms with van der Waals surface area (Å²) in [7, 11) is 0. The van der Waals surface area contributed by atoms with Crippen LogP contribution in [0.15, 0.2) is 0 Å². The number of β-amino-alcohol motifs (C(OH)–C–C–N with tert-alkyl or cyclic N) is 1. The van der Waals surface area contributed by atoms with Gasteiger partial charge >= 0.3 is 0 Å². The zero-order valence-corrected chi connectivity index (χ0v) is 10.5. The van der Waals surface area contributed by atoms with Crippen LogP contribution in [0.1, 0.15) is 44.9 Å². The highest BCUT2D eigenvalue weighted by molar-refractivity contribution is 5.77. The Morgan fingerprint density at radius 1 is 1.35 bits per heavy atom. The second kappa shape index (κ2) is 5.36. The van der Waals surface area contributed by atoms with Crippen molar-refractivity contribution in [3.05, 3.63) is 0 Å². The van der Waals surface area contributed by atoms with E-state index in [1.807, 2.05) is 0 Å². The lowest BCUT2D eigenvalue weighted by atomic mass is 9.71. The molecule has 2 rings (SSSR count). The van der Waals surface area contributed by atoms with Crippen LogP contribution in [0.2, 0.25) is 0 Å². The van der Waals surface area contributed by atoms with Gasteiger partial charge in [-0.3, -0.25) is 4.79 Å². The number of carbonyl (C=O) groups is 1. The largest absolute Gasteiger partial charge is 0.391 e. The number of nitrogens with zero attached hydrogens (tertiary/aromatic N) is 1. The maximum atomic E-state index is 12.2. The molecule has 0 aromatic rings. The maximum Gasteiger partial charge on any atom is 0.223 e. The molecule has 1 atom stereocenters. The van der Waals surface area contributed by atoms with E-state index in [-0.39, 0.29) is 17.4 Å². The molecular formula is C13H24N2O2. The number of likely N-dealkylation sites (tertiary alicyclic amines) is 1. The van der Waals surface area contributed by atoms with Gasteiger partial charge in [0.2, 0.25) is 5.91 Å². The topological polar surface area (TPSA) is 66.6 Å². The first-order valence-electron chi connectivity index (χ1n) is 6.81. The van der Waals surface area contributed by atoms with Gasteiger partial charge in [0.15, 0.2) is 0 Å². The number of hydrogen-bond acceptors (Lipinski definition) is 3. The lowest BCUT2D eigenvalue weighted by Crippen LogP contribution is -2.40. The third-order valence-electron chi connectivity index (χ3n) is 4.39. The minimum Gasteiger partial charge on any atom is -0.391 e. The fraction of sp³-hybridized carbons (Fsp3) is 0.923. The second-order valence-corrected chi connectivity index (χ2v) is 5.72. The number of nitrogens with two attached hydrogens (primary N) is 1. The zero-order valence-electron chi connectivity index (χ0n) is 10.5. The molecular weight excluding hydrogens is 216 g/mol. The van der Waals surface area contributed by atoms with Gasteiger partial charge in [-0.1, -0.05) is 19.3 Å². The van der Waals surface area contributed by atoms with Gasteiger partial charge in [0.25, 0.3) is 0 Å². The highest BCUT2D eigenvalue weighted by atomic mass is 16.3. The van der Waals surface area contributed by atoms with Crippen LogP contribution in [0.25, 0.3) is 0 Å². The number of aliphatic hydroxyl groups excluding tert-OH is 1. The monoisotopic (exact) mass is 240 g/mol. The summed E-state index contributed by atoms with van der Waals surface area (Å²) in [5.41, 5.74) is 5.94. The van der Waals surface area contributed by atoms with Gasteiger partial charge in [-0.2, -0.15) is 0 Å². The van der Waals surface area contributed by atoms with Crippen LogP contribution in [0.3, 0.4) is 0 Å². The first-order valence-corrected chi connectivity index (χ1v) is 6.81. The van der Waals surface area contributed by atoms with Crippen LogP contribution in [0, 0.1) is 5.41 Å². The van der Waals surface area contributed by atoms with Crippen LogP contribution in [-0.4, -0.2) is 41.7 Å². The van der Waals surface area contributed by atoms with Gasteiger partial charge in [0.1, 0.15) is 0 Å². The average Bonchev–Trinajstić information content (AvgIpc) is 2.77. The van der Waals surface area contributed by atoms with Gasteiger partial charge in [0, 0.05) is 19.5 Å². The molecule has 0 radical (unpaired) electrons. The molecule has 0 spiro atoms. The third kappa shape index (κ3) is 2.99. The maximum absolute atomic E-state index is 12.2. The third-order valence-corrected chi connectivity index (χ3v) is 4.39. The van der Waals surface area contributed by atoms with E-state index in [0.29, 0.717) is 26.1 Å². The molecule has 4 nitrogen and oxygen atoms in total. The lowest BCUT2D eigenvalue weighted by molar-refractivity contribution is -0.133. The smallest absolute Gasteiger partial charge is 0.223 e. The summed E-state index contributed by atoms with van der Waals surface area (Å²) >= 11 is 0. The summed E-state index contributed by atoms with van der Waals surface area (Å²) < 4.78 is 0. The fourth-order valence-corrected chi connectivity index (χ4v) is 3.16. The van der Waals surface area contributed by atoms with Gasteiger partial charge < -0.3 is 15.7 Å². The molecule has 2 fully saturated rings. The van der Waals surface area contributed by atoms with Crippen LogP contribution in [0.4, 0.5) is 0 Å². The molecule has 4 heteroatoms. The van der Waals surface area contributed by atoms with Crippen molar-refractivity contribution in [1.29, 1.82) is 0 Å². The normalized spacial score (nSPS) is 28.4. The van der Waals surface area contributed by atoms with E-state index in [2.05, 4.69) is 0 Å². The predicted molar refractivity (Wildman–Crippen MR) is 66.4 cm³/mol. The molecule has 0 bridgehead atoms. The van der Waals surface area contributed by atoms with Crippen LogP contribution < -0.4 is 5.73 Å². The van der Waals surface area contributed by atoms with Gasteiger partial charge in [-0.15, -0.1) is 0 Å². The molecule has 2 aliphatic rings. The standard InChI is InChI=1S/C13H24N2O2/c14-10-13(5-2-1-3-6-13)8-12(17)15-7-4-11(16)9-15/h11,16H,1-10,14H2/t11-/m0/s1. The van der Waals surface area contributed by atoms with E-state index < -0.39 is 0 Å². The van der Waals surface area contributed by atoms with Crippen LogP contribution >= 0.6 is 0 Å². The molecule has 1 aliphatic heterocycles. The van der Waals surface area contributed by atoms with Crippen molar-refractivity contribution in [1.82, 2.24) is 4.90 Å². The van der Waals surface area contributed by atoms with E-state index in [1.165, 1.54) is 19.3 Å². The summed E-state index contributed by atoms with van der Waals surface area (Å²) in [5.74, 6) is 0.189. The molecule has 1 amide bonds. The molecule has 17 heavy (non-hydrogen) atoms.